The van der Waals surface area contributed by atoms with E-state index in [9.17, 15) is 0 Å². The van der Waals surface area contributed by atoms with Crippen LogP contribution in [0.2, 0.25) is 0 Å². The summed E-state index contributed by atoms with van der Waals surface area (Å²) in [6.45, 7) is 10.5. The Kier molecular flexibility index (Phi) is 14.3. The first-order valence-electron chi connectivity index (χ1n) is 8.43. The Balaban J connectivity index is 4.29. The molecule has 0 radical (unpaired) electrons. The lowest BCUT2D eigenvalue weighted by molar-refractivity contribution is 0.168. The van der Waals surface area contributed by atoms with Crippen molar-refractivity contribution in [1.82, 2.24) is 15.7 Å². The van der Waals surface area contributed by atoms with Gasteiger partial charge in [-0.05, 0) is 38.8 Å². The minimum atomic E-state index is 0.763. The zero-order valence-electron chi connectivity index (χ0n) is 13.8. The van der Waals surface area contributed by atoms with Gasteiger partial charge in [0.25, 0.3) is 0 Å². The van der Waals surface area contributed by atoms with Gasteiger partial charge in [0.15, 0.2) is 0 Å². The molecule has 1 unspecified atom stereocenters. The van der Waals surface area contributed by atoms with Gasteiger partial charge in [-0.25, -0.2) is 0 Å². The Morgan fingerprint density at radius 3 is 1.95 bits per heavy atom. The van der Waals surface area contributed by atoms with Crippen molar-refractivity contribution in [2.45, 2.75) is 78.2 Å². The topological polar surface area (TPSA) is 27.3 Å². The lowest BCUT2D eigenvalue weighted by atomic mass is 10.0. The molecule has 0 saturated carbocycles. The number of hydrogen-bond acceptors (Lipinski definition) is 3. The molecule has 0 aromatic heterocycles. The molecule has 0 aromatic carbocycles. The molecule has 0 amide bonds. The Morgan fingerprint density at radius 1 is 0.895 bits per heavy atom. The zero-order chi connectivity index (χ0) is 14.3. The Bertz CT molecular complexity index is 171. The van der Waals surface area contributed by atoms with Gasteiger partial charge in [-0.15, -0.1) is 0 Å². The largest absolute Gasteiger partial charge is 0.305 e. The first-order chi connectivity index (χ1) is 9.29. The molecular formula is C15H36BN3. The maximum atomic E-state index is 3.25. The highest BCUT2D eigenvalue weighted by atomic mass is 15.3. The Labute approximate surface area is 122 Å². The van der Waals surface area contributed by atoms with E-state index in [1.807, 2.05) is 7.98 Å². The van der Waals surface area contributed by atoms with Crippen molar-refractivity contribution in [2.75, 3.05) is 19.6 Å². The van der Waals surface area contributed by atoms with Crippen molar-refractivity contribution in [3.05, 3.63) is 0 Å². The average Bonchev–Trinajstić information content (AvgIpc) is 2.43. The number of rotatable bonds is 14. The minimum Gasteiger partial charge on any atom is -0.305 e. The van der Waals surface area contributed by atoms with Gasteiger partial charge in [0.2, 0.25) is 7.98 Å². The quantitative estimate of drug-likeness (QED) is 0.288. The van der Waals surface area contributed by atoms with Gasteiger partial charge >= 0.3 is 0 Å². The second kappa shape index (κ2) is 14.4. The summed E-state index contributed by atoms with van der Waals surface area (Å²) in [7, 11) is 1.95. The van der Waals surface area contributed by atoms with Crippen molar-refractivity contribution in [2.24, 2.45) is 0 Å². The van der Waals surface area contributed by atoms with Crippen LogP contribution in [0, 0.1) is 0 Å². The van der Waals surface area contributed by atoms with Crippen LogP contribution in [0.5, 0.6) is 0 Å². The molecular weight excluding hydrogens is 233 g/mol. The van der Waals surface area contributed by atoms with Crippen LogP contribution in [0.3, 0.4) is 0 Å². The van der Waals surface area contributed by atoms with E-state index < -0.39 is 0 Å². The SMILES string of the molecule is BNNCCC(CCCC)N(CCCC)CCCC. The molecule has 0 aromatic rings. The molecule has 19 heavy (non-hydrogen) atoms. The molecule has 4 heteroatoms. The molecule has 114 valence electrons. The molecule has 1 atom stereocenters. The lowest BCUT2D eigenvalue weighted by Crippen LogP contribution is -2.40. The third-order valence-electron chi connectivity index (χ3n) is 3.78. The highest BCUT2D eigenvalue weighted by Crippen LogP contribution is 2.14. The van der Waals surface area contributed by atoms with Gasteiger partial charge in [0.05, 0.1) is 0 Å². The number of hydrazine groups is 1. The summed E-state index contributed by atoms with van der Waals surface area (Å²) in [6.07, 6.45) is 10.6. The van der Waals surface area contributed by atoms with E-state index in [4.69, 9.17) is 0 Å². The molecule has 0 aliphatic heterocycles. The van der Waals surface area contributed by atoms with Crippen molar-refractivity contribution < 1.29 is 0 Å². The van der Waals surface area contributed by atoms with Gasteiger partial charge in [-0.1, -0.05) is 46.5 Å². The lowest BCUT2D eigenvalue weighted by Gasteiger charge is -2.32. The van der Waals surface area contributed by atoms with Crippen molar-refractivity contribution in [3.8, 4) is 0 Å². The first kappa shape index (κ1) is 18.9. The summed E-state index contributed by atoms with van der Waals surface area (Å²) in [5, 5.41) is 3.04. The zero-order valence-corrected chi connectivity index (χ0v) is 13.8. The summed E-state index contributed by atoms with van der Waals surface area (Å²) in [5.74, 6) is 0. The Morgan fingerprint density at radius 2 is 1.47 bits per heavy atom. The van der Waals surface area contributed by atoms with Crippen LogP contribution in [0.25, 0.3) is 0 Å². The second-order valence-corrected chi connectivity index (χ2v) is 5.50. The van der Waals surface area contributed by atoms with Gasteiger partial charge < -0.3 is 10.2 Å². The van der Waals surface area contributed by atoms with E-state index in [0.717, 1.165) is 12.6 Å². The standard InChI is InChI=1S/C15H36BN3/c1-4-7-10-15(11-12-17-18-16)19(13-8-5-2)14-9-6-3/h15,17-18H,4-14,16H2,1-3H3. The van der Waals surface area contributed by atoms with Crippen molar-refractivity contribution >= 4 is 7.98 Å². The third kappa shape index (κ3) is 10.4. The highest BCUT2D eigenvalue weighted by molar-refractivity contribution is 6.03. The van der Waals surface area contributed by atoms with Gasteiger partial charge in [-0.2, -0.15) is 0 Å². The number of hydrogen-bond donors (Lipinski definition) is 2. The molecule has 3 nitrogen and oxygen atoms in total. The molecule has 0 saturated heterocycles. The molecule has 0 rings (SSSR count). The smallest absolute Gasteiger partial charge is 0.201 e. The van der Waals surface area contributed by atoms with Crippen LogP contribution in [-0.4, -0.2) is 38.6 Å². The summed E-state index contributed by atoms with van der Waals surface area (Å²) in [4.78, 5) is 2.75. The number of nitrogens with one attached hydrogen (secondary N) is 2. The van der Waals surface area contributed by atoms with E-state index in [1.165, 1.54) is 64.5 Å². The van der Waals surface area contributed by atoms with Gasteiger partial charge in [0.1, 0.15) is 0 Å². The summed E-state index contributed by atoms with van der Waals surface area (Å²) in [6, 6.07) is 0.763. The summed E-state index contributed by atoms with van der Waals surface area (Å²) >= 11 is 0. The second-order valence-electron chi connectivity index (χ2n) is 5.50. The summed E-state index contributed by atoms with van der Waals surface area (Å²) in [5.41, 5.74) is 3.25. The molecule has 0 aliphatic rings. The van der Waals surface area contributed by atoms with Crippen LogP contribution in [0.15, 0.2) is 0 Å². The molecule has 0 heterocycles. The minimum absolute atomic E-state index is 0.763. The van der Waals surface area contributed by atoms with Crippen molar-refractivity contribution in [1.29, 1.82) is 0 Å². The fourth-order valence-corrected chi connectivity index (χ4v) is 2.51. The molecule has 2 N–H and O–H groups in total. The molecule has 0 fully saturated rings. The van der Waals surface area contributed by atoms with E-state index in [1.54, 1.807) is 0 Å². The van der Waals surface area contributed by atoms with Crippen molar-refractivity contribution in [3.63, 3.8) is 0 Å². The van der Waals surface area contributed by atoms with E-state index in [0.29, 0.717) is 0 Å². The molecule has 0 aliphatic carbocycles. The van der Waals surface area contributed by atoms with Gasteiger partial charge in [-0.3, -0.25) is 5.43 Å². The molecule has 0 spiro atoms. The predicted octanol–water partition coefficient (Wildman–Crippen LogP) is 2.48. The van der Waals surface area contributed by atoms with Crippen LogP contribution in [-0.2, 0) is 0 Å². The van der Waals surface area contributed by atoms with E-state index in [2.05, 4.69) is 36.4 Å². The van der Waals surface area contributed by atoms with Gasteiger partial charge in [0, 0.05) is 12.6 Å². The number of unbranched alkanes of at least 4 members (excludes halogenated alkanes) is 3. The van der Waals surface area contributed by atoms with E-state index >= 15 is 0 Å². The monoisotopic (exact) mass is 269 g/mol. The normalized spacial score (nSPS) is 13.1. The Hall–Kier alpha value is -0.0551. The van der Waals surface area contributed by atoms with Crippen LogP contribution < -0.4 is 10.8 Å². The maximum Gasteiger partial charge on any atom is 0.201 e. The summed E-state index contributed by atoms with van der Waals surface area (Å²) < 4.78 is 0. The van der Waals surface area contributed by atoms with Crippen LogP contribution in [0.1, 0.15) is 72.1 Å². The highest BCUT2D eigenvalue weighted by Gasteiger charge is 2.16. The maximum absolute atomic E-state index is 3.25. The first-order valence-corrected chi connectivity index (χ1v) is 8.43. The third-order valence-corrected chi connectivity index (χ3v) is 3.78. The van der Waals surface area contributed by atoms with E-state index in [-0.39, 0.29) is 0 Å². The van der Waals surface area contributed by atoms with Crippen LogP contribution >= 0.6 is 0 Å². The fourth-order valence-electron chi connectivity index (χ4n) is 2.51. The fraction of sp³-hybridized carbons (Fsp3) is 1.00. The average molecular weight is 269 g/mol. The van der Waals surface area contributed by atoms with Crippen LogP contribution in [0.4, 0.5) is 0 Å². The predicted molar refractivity (Wildman–Crippen MR) is 89.0 cm³/mol. The number of nitrogens with zero attached hydrogens (tertiary/aromatic N) is 1. The molecule has 0 bridgehead atoms.